The van der Waals surface area contributed by atoms with Gasteiger partial charge < -0.3 is 19.6 Å². The van der Waals surface area contributed by atoms with Gasteiger partial charge in [-0.05, 0) is 49.9 Å². The zero-order valence-corrected chi connectivity index (χ0v) is 18.2. The van der Waals surface area contributed by atoms with Gasteiger partial charge in [-0.25, -0.2) is 8.78 Å². The van der Waals surface area contributed by atoms with E-state index in [2.05, 4.69) is 4.90 Å². The molecular weight excluding hydrogens is 406 g/mol. The van der Waals surface area contributed by atoms with Gasteiger partial charge in [0.2, 0.25) is 5.91 Å². The van der Waals surface area contributed by atoms with Crippen molar-refractivity contribution >= 4 is 11.9 Å². The number of hydrogen-bond acceptors (Lipinski definition) is 4. The molecule has 0 bridgehead atoms. The molecule has 2 aliphatic heterocycles. The quantitative estimate of drug-likeness (QED) is 0.672. The Kier molecular flexibility index (Phi) is 7.86. The van der Waals surface area contributed by atoms with Crippen molar-refractivity contribution in [2.45, 2.75) is 58.1 Å². The van der Waals surface area contributed by atoms with Crippen LogP contribution in [0.2, 0.25) is 0 Å². The molecule has 0 spiro atoms. The van der Waals surface area contributed by atoms with Crippen LogP contribution in [-0.2, 0) is 9.59 Å². The van der Waals surface area contributed by atoms with Gasteiger partial charge in [0.1, 0.15) is 11.9 Å². The standard InChI is InChI=1S/C23H32F2N2O4/c1-15(2)9-22(28)27-14-19(31-21-4-3-17(24)11-20(21)25)12-18(27)13-26-7-5-16(6-8-26)10-23(29)30/h3-4,11,15-16,18-19H,5-10,12-14H2,1-2H3,(H,29,30)/t18?,19-/m0/s1. The summed E-state index contributed by atoms with van der Waals surface area (Å²) in [5.41, 5.74) is 0. The topological polar surface area (TPSA) is 70.1 Å². The summed E-state index contributed by atoms with van der Waals surface area (Å²) in [7, 11) is 0. The van der Waals surface area contributed by atoms with Gasteiger partial charge in [0.25, 0.3) is 0 Å². The van der Waals surface area contributed by atoms with Gasteiger partial charge in [-0.2, -0.15) is 0 Å². The Morgan fingerprint density at radius 3 is 2.55 bits per heavy atom. The van der Waals surface area contributed by atoms with E-state index in [1.807, 2.05) is 18.7 Å². The molecule has 8 heteroatoms. The lowest BCUT2D eigenvalue weighted by molar-refractivity contribution is -0.138. The Morgan fingerprint density at radius 1 is 1.23 bits per heavy atom. The maximum absolute atomic E-state index is 14.0. The van der Waals surface area contributed by atoms with Gasteiger partial charge in [-0.3, -0.25) is 9.59 Å². The van der Waals surface area contributed by atoms with E-state index in [-0.39, 0.29) is 42.1 Å². The molecule has 1 unspecified atom stereocenters. The Bertz CT molecular complexity index is 781. The van der Waals surface area contributed by atoms with E-state index < -0.39 is 17.6 Å². The predicted molar refractivity (Wildman–Crippen MR) is 112 cm³/mol. The van der Waals surface area contributed by atoms with Crippen LogP contribution < -0.4 is 4.74 Å². The fraction of sp³-hybridized carbons (Fsp3) is 0.652. The van der Waals surface area contributed by atoms with Crippen molar-refractivity contribution in [2.24, 2.45) is 11.8 Å². The van der Waals surface area contributed by atoms with E-state index in [0.29, 0.717) is 25.9 Å². The zero-order chi connectivity index (χ0) is 22.5. The number of benzene rings is 1. The first-order chi connectivity index (χ1) is 14.7. The summed E-state index contributed by atoms with van der Waals surface area (Å²) in [6.45, 7) is 6.67. The number of ether oxygens (including phenoxy) is 1. The second-order valence-corrected chi connectivity index (χ2v) is 9.19. The number of piperidine rings is 1. The van der Waals surface area contributed by atoms with E-state index in [1.165, 1.54) is 6.07 Å². The zero-order valence-electron chi connectivity index (χ0n) is 18.2. The highest BCUT2D eigenvalue weighted by Gasteiger charge is 2.38. The highest BCUT2D eigenvalue weighted by molar-refractivity contribution is 5.77. The first-order valence-electron chi connectivity index (χ1n) is 11.1. The van der Waals surface area contributed by atoms with Crippen LogP contribution in [0.3, 0.4) is 0 Å². The summed E-state index contributed by atoms with van der Waals surface area (Å²) in [6, 6.07) is 3.19. The van der Waals surface area contributed by atoms with Crippen molar-refractivity contribution < 1.29 is 28.2 Å². The predicted octanol–water partition coefficient (Wildman–Crippen LogP) is 3.55. The molecule has 172 valence electrons. The number of likely N-dealkylation sites (tertiary alicyclic amines) is 2. The van der Waals surface area contributed by atoms with E-state index in [9.17, 15) is 18.4 Å². The Labute approximate surface area is 182 Å². The number of nitrogens with zero attached hydrogens (tertiary/aromatic N) is 2. The number of amides is 1. The van der Waals surface area contributed by atoms with Crippen LogP contribution in [0.15, 0.2) is 18.2 Å². The molecule has 1 aromatic rings. The molecule has 2 fully saturated rings. The lowest BCUT2D eigenvalue weighted by atomic mass is 9.93. The van der Waals surface area contributed by atoms with E-state index >= 15 is 0 Å². The van der Waals surface area contributed by atoms with Gasteiger partial charge >= 0.3 is 5.97 Å². The van der Waals surface area contributed by atoms with Gasteiger partial charge in [-0.15, -0.1) is 0 Å². The van der Waals surface area contributed by atoms with Gasteiger partial charge in [0, 0.05) is 37.9 Å². The lowest BCUT2D eigenvalue weighted by Crippen LogP contribution is -2.46. The maximum atomic E-state index is 14.0. The second-order valence-electron chi connectivity index (χ2n) is 9.19. The summed E-state index contributed by atoms with van der Waals surface area (Å²) in [6.07, 6.45) is 2.53. The summed E-state index contributed by atoms with van der Waals surface area (Å²) in [4.78, 5) is 27.9. The van der Waals surface area contributed by atoms with Crippen LogP contribution in [0.5, 0.6) is 5.75 Å². The minimum absolute atomic E-state index is 0.00204. The van der Waals surface area contributed by atoms with Gasteiger partial charge in [-0.1, -0.05) is 13.8 Å². The number of rotatable bonds is 8. The molecule has 31 heavy (non-hydrogen) atoms. The third-order valence-corrected chi connectivity index (χ3v) is 6.11. The molecule has 0 aliphatic carbocycles. The Morgan fingerprint density at radius 2 is 1.94 bits per heavy atom. The number of carboxylic acids is 1. The smallest absolute Gasteiger partial charge is 0.303 e. The summed E-state index contributed by atoms with van der Waals surface area (Å²) >= 11 is 0. The van der Waals surface area contributed by atoms with Crippen molar-refractivity contribution in [1.82, 2.24) is 9.80 Å². The van der Waals surface area contributed by atoms with Crippen molar-refractivity contribution in [3.63, 3.8) is 0 Å². The largest absolute Gasteiger partial charge is 0.485 e. The third-order valence-electron chi connectivity index (χ3n) is 6.11. The van der Waals surface area contributed by atoms with Crippen LogP contribution in [0, 0.1) is 23.5 Å². The summed E-state index contributed by atoms with van der Waals surface area (Å²) in [5.74, 6) is -1.67. The molecular formula is C23H32F2N2O4. The molecule has 2 saturated heterocycles. The molecule has 0 aromatic heterocycles. The number of aliphatic carboxylic acids is 1. The minimum atomic E-state index is -0.757. The van der Waals surface area contributed by atoms with E-state index in [4.69, 9.17) is 9.84 Å². The van der Waals surface area contributed by atoms with Crippen LogP contribution >= 0.6 is 0 Å². The molecule has 1 amide bonds. The number of carbonyl (C=O) groups excluding carboxylic acids is 1. The highest BCUT2D eigenvalue weighted by atomic mass is 19.1. The maximum Gasteiger partial charge on any atom is 0.303 e. The molecule has 1 N–H and O–H groups in total. The molecule has 3 rings (SSSR count). The molecule has 0 saturated carbocycles. The Hall–Kier alpha value is -2.22. The average Bonchev–Trinajstić information content (AvgIpc) is 3.07. The minimum Gasteiger partial charge on any atom is -0.485 e. The van der Waals surface area contributed by atoms with Crippen molar-refractivity contribution in [3.05, 3.63) is 29.8 Å². The summed E-state index contributed by atoms with van der Waals surface area (Å²) in [5, 5.41) is 8.99. The first-order valence-corrected chi connectivity index (χ1v) is 11.1. The monoisotopic (exact) mass is 438 g/mol. The lowest BCUT2D eigenvalue weighted by Gasteiger charge is -2.35. The molecule has 2 aliphatic rings. The molecule has 2 heterocycles. The van der Waals surface area contributed by atoms with Crippen molar-refractivity contribution in [2.75, 3.05) is 26.2 Å². The fourth-order valence-electron chi connectivity index (χ4n) is 4.57. The number of carbonyl (C=O) groups is 2. The van der Waals surface area contributed by atoms with E-state index in [1.54, 1.807) is 0 Å². The SMILES string of the molecule is CC(C)CC(=O)N1C[C@@H](Oc2ccc(F)cc2F)CC1CN1CCC(CC(=O)O)CC1. The molecule has 6 nitrogen and oxygen atoms in total. The number of hydrogen-bond donors (Lipinski definition) is 1. The van der Waals surface area contributed by atoms with Gasteiger partial charge in [0.05, 0.1) is 6.54 Å². The van der Waals surface area contributed by atoms with Crippen LogP contribution in [-0.4, -0.2) is 65.1 Å². The normalized spacial score (nSPS) is 22.8. The third kappa shape index (κ3) is 6.63. The van der Waals surface area contributed by atoms with Crippen LogP contribution in [0.25, 0.3) is 0 Å². The molecule has 2 atom stereocenters. The van der Waals surface area contributed by atoms with E-state index in [0.717, 1.165) is 38.1 Å². The Balaban J connectivity index is 1.63. The molecule has 0 radical (unpaired) electrons. The van der Waals surface area contributed by atoms with Gasteiger partial charge in [0.15, 0.2) is 11.6 Å². The van der Waals surface area contributed by atoms with Crippen LogP contribution in [0.4, 0.5) is 8.78 Å². The molecule has 1 aromatic carbocycles. The number of carboxylic acid groups (broad SMARTS) is 1. The van der Waals surface area contributed by atoms with Crippen molar-refractivity contribution in [1.29, 1.82) is 0 Å². The van der Waals surface area contributed by atoms with Crippen molar-refractivity contribution in [3.8, 4) is 5.75 Å². The fourth-order valence-corrected chi connectivity index (χ4v) is 4.57. The average molecular weight is 439 g/mol. The second kappa shape index (κ2) is 10.4. The summed E-state index contributed by atoms with van der Waals surface area (Å²) < 4.78 is 33.0. The number of halogens is 2. The highest BCUT2D eigenvalue weighted by Crippen LogP contribution is 2.28. The first kappa shape index (κ1) is 23.4. The van der Waals surface area contributed by atoms with Crippen LogP contribution in [0.1, 0.15) is 46.0 Å².